The molecule has 0 amide bonds. The fraction of sp³-hybridized carbons (Fsp3) is 0.429. The number of piperazine rings is 1. The van der Waals surface area contributed by atoms with Crippen molar-refractivity contribution in [1.29, 1.82) is 0 Å². The van der Waals surface area contributed by atoms with Crippen LogP contribution < -0.4 is 0 Å². The van der Waals surface area contributed by atoms with E-state index in [1.165, 1.54) is 27.6 Å². The third-order valence-corrected chi connectivity index (χ3v) is 7.27. The van der Waals surface area contributed by atoms with Crippen molar-refractivity contribution < 1.29 is 12.8 Å². The Morgan fingerprint density at radius 3 is 2.14 bits per heavy atom. The lowest BCUT2D eigenvalue weighted by Crippen LogP contribution is -2.48. The molecule has 0 atom stereocenters. The number of hydrogen-bond acceptors (Lipinski definition) is 3. The normalized spacial score (nSPS) is 17.0. The highest BCUT2D eigenvalue weighted by molar-refractivity contribution is 7.89. The maximum atomic E-state index is 13.3. The van der Waals surface area contributed by atoms with Gasteiger partial charge < -0.3 is 0 Å². The summed E-state index contributed by atoms with van der Waals surface area (Å²) in [6, 6.07) is 12.1. The predicted octanol–water partition coefficient (Wildman–Crippen LogP) is 4.28. The zero-order valence-electron chi connectivity index (χ0n) is 16.5. The number of halogens is 2. The lowest BCUT2D eigenvalue weighted by molar-refractivity contribution is 0.181. The van der Waals surface area contributed by atoms with Crippen LogP contribution in [0.3, 0.4) is 0 Å². The Kier molecular flexibility index (Phi) is 6.15. The van der Waals surface area contributed by atoms with Crippen LogP contribution in [-0.4, -0.2) is 43.8 Å². The Balaban J connectivity index is 1.61. The molecule has 0 bridgehead atoms. The standard InChI is InChI=1S/C21H26ClFN2O2S/c1-21(2,3)17-6-4-16(5-7-17)15-24-10-12-25(13-11-24)28(26,27)18-8-9-20(23)19(22)14-18/h4-9,14H,10-13,15H2,1-3H3. The van der Waals surface area contributed by atoms with Crippen LogP contribution in [0.2, 0.25) is 5.02 Å². The summed E-state index contributed by atoms with van der Waals surface area (Å²) in [5, 5.41) is -0.182. The predicted molar refractivity (Wildman–Crippen MR) is 111 cm³/mol. The molecule has 0 N–H and O–H groups in total. The number of benzene rings is 2. The fourth-order valence-electron chi connectivity index (χ4n) is 3.28. The van der Waals surface area contributed by atoms with Gasteiger partial charge in [-0.3, -0.25) is 4.90 Å². The summed E-state index contributed by atoms with van der Waals surface area (Å²) in [6.45, 7) is 9.46. The number of sulfonamides is 1. The van der Waals surface area contributed by atoms with E-state index in [9.17, 15) is 12.8 Å². The highest BCUT2D eigenvalue weighted by Crippen LogP contribution is 2.25. The zero-order valence-corrected chi connectivity index (χ0v) is 18.0. The third-order valence-electron chi connectivity index (χ3n) is 5.09. The molecule has 1 heterocycles. The first-order chi connectivity index (χ1) is 13.1. The monoisotopic (exact) mass is 424 g/mol. The summed E-state index contributed by atoms with van der Waals surface area (Å²) in [5.41, 5.74) is 2.64. The summed E-state index contributed by atoms with van der Waals surface area (Å²) in [7, 11) is -3.66. The van der Waals surface area contributed by atoms with Gasteiger partial charge in [0.25, 0.3) is 0 Å². The molecular formula is C21H26ClFN2O2S. The van der Waals surface area contributed by atoms with E-state index >= 15 is 0 Å². The lowest BCUT2D eigenvalue weighted by atomic mass is 9.87. The van der Waals surface area contributed by atoms with E-state index < -0.39 is 15.8 Å². The molecule has 0 saturated carbocycles. The Labute approximate surface area is 172 Å². The fourth-order valence-corrected chi connectivity index (χ4v) is 4.98. The Bertz CT molecular complexity index is 932. The van der Waals surface area contributed by atoms with Crippen LogP contribution in [0.5, 0.6) is 0 Å². The first kappa shape index (κ1) is 21.2. The molecule has 7 heteroatoms. The minimum absolute atomic E-state index is 0.0325. The quantitative estimate of drug-likeness (QED) is 0.735. The van der Waals surface area contributed by atoms with Crippen LogP contribution in [0.15, 0.2) is 47.4 Å². The average molecular weight is 425 g/mol. The molecule has 0 aromatic heterocycles. The molecular weight excluding hydrogens is 399 g/mol. The average Bonchev–Trinajstić information content (AvgIpc) is 2.64. The molecule has 0 spiro atoms. The van der Waals surface area contributed by atoms with Crippen LogP contribution in [0.1, 0.15) is 31.9 Å². The molecule has 0 unspecified atom stereocenters. The van der Waals surface area contributed by atoms with Gasteiger partial charge >= 0.3 is 0 Å². The van der Waals surface area contributed by atoms with Gasteiger partial charge in [-0.15, -0.1) is 0 Å². The Hall–Kier alpha value is -1.47. The van der Waals surface area contributed by atoms with Crippen molar-refractivity contribution in [2.75, 3.05) is 26.2 Å². The molecule has 1 saturated heterocycles. The van der Waals surface area contributed by atoms with Crippen LogP contribution >= 0.6 is 11.6 Å². The molecule has 0 aliphatic carbocycles. The SMILES string of the molecule is CC(C)(C)c1ccc(CN2CCN(S(=O)(=O)c3ccc(F)c(Cl)c3)CC2)cc1. The summed E-state index contributed by atoms with van der Waals surface area (Å²) >= 11 is 5.75. The van der Waals surface area contributed by atoms with Gasteiger partial charge in [0.15, 0.2) is 0 Å². The van der Waals surface area contributed by atoms with Crippen molar-refractivity contribution in [2.24, 2.45) is 0 Å². The second-order valence-electron chi connectivity index (χ2n) is 8.20. The van der Waals surface area contributed by atoms with Crippen molar-refractivity contribution >= 4 is 21.6 Å². The summed E-state index contributed by atoms with van der Waals surface area (Å²) in [4.78, 5) is 2.28. The minimum atomic E-state index is -3.66. The summed E-state index contributed by atoms with van der Waals surface area (Å²) in [5.74, 6) is -0.622. The molecule has 1 aliphatic rings. The smallest absolute Gasteiger partial charge is 0.243 e. The van der Waals surface area contributed by atoms with Crippen LogP contribution in [0.4, 0.5) is 4.39 Å². The van der Waals surface area contributed by atoms with E-state index in [0.29, 0.717) is 26.2 Å². The Morgan fingerprint density at radius 2 is 1.61 bits per heavy atom. The second kappa shape index (κ2) is 8.11. The highest BCUT2D eigenvalue weighted by Gasteiger charge is 2.29. The first-order valence-electron chi connectivity index (χ1n) is 9.34. The van der Waals surface area contributed by atoms with Gasteiger partial charge in [0.2, 0.25) is 10.0 Å². The van der Waals surface area contributed by atoms with Crippen LogP contribution in [-0.2, 0) is 22.0 Å². The lowest BCUT2D eigenvalue weighted by Gasteiger charge is -2.34. The summed E-state index contributed by atoms with van der Waals surface area (Å²) < 4.78 is 40.3. The molecule has 1 fully saturated rings. The molecule has 3 rings (SSSR count). The molecule has 2 aromatic carbocycles. The van der Waals surface area contributed by atoms with Crippen molar-refractivity contribution in [1.82, 2.24) is 9.21 Å². The maximum Gasteiger partial charge on any atom is 0.243 e. The maximum absolute atomic E-state index is 13.3. The number of nitrogens with zero attached hydrogens (tertiary/aromatic N) is 2. The van der Waals surface area contributed by atoms with E-state index in [2.05, 4.69) is 49.9 Å². The molecule has 0 radical (unpaired) electrons. The van der Waals surface area contributed by atoms with Gasteiger partial charge in [0.05, 0.1) is 9.92 Å². The zero-order chi connectivity index (χ0) is 20.5. The molecule has 1 aliphatic heterocycles. The van der Waals surface area contributed by atoms with Crippen molar-refractivity contribution in [3.63, 3.8) is 0 Å². The summed E-state index contributed by atoms with van der Waals surface area (Å²) in [6.07, 6.45) is 0. The van der Waals surface area contributed by atoms with E-state index in [4.69, 9.17) is 11.6 Å². The van der Waals surface area contributed by atoms with Gasteiger partial charge in [-0.2, -0.15) is 4.31 Å². The largest absolute Gasteiger partial charge is 0.296 e. The third kappa shape index (κ3) is 4.74. The first-order valence-corrected chi connectivity index (χ1v) is 11.2. The van der Waals surface area contributed by atoms with Gasteiger partial charge in [-0.25, -0.2) is 12.8 Å². The van der Waals surface area contributed by atoms with Gasteiger partial charge in [0, 0.05) is 32.7 Å². The minimum Gasteiger partial charge on any atom is -0.296 e. The van der Waals surface area contributed by atoms with Crippen molar-refractivity contribution in [3.8, 4) is 0 Å². The topological polar surface area (TPSA) is 40.6 Å². The van der Waals surface area contributed by atoms with E-state index in [1.54, 1.807) is 0 Å². The van der Waals surface area contributed by atoms with E-state index in [1.807, 2.05) is 0 Å². The van der Waals surface area contributed by atoms with Gasteiger partial charge in [-0.05, 0) is 34.7 Å². The molecule has 4 nitrogen and oxygen atoms in total. The van der Waals surface area contributed by atoms with Crippen LogP contribution in [0.25, 0.3) is 0 Å². The number of rotatable bonds is 4. The van der Waals surface area contributed by atoms with Gasteiger partial charge in [-0.1, -0.05) is 56.6 Å². The van der Waals surface area contributed by atoms with Crippen molar-refractivity contribution in [2.45, 2.75) is 37.6 Å². The molecule has 152 valence electrons. The second-order valence-corrected chi connectivity index (χ2v) is 10.5. The molecule has 2 aromatic rings. The highest BCUT2D eigenvalue weighted by atomic mass is 35.5. The van der Waals surface area contributed by atoms with E-state index in [-0.39, 0.29) is 15.3 Å². The number of hydrogen-bond donors (Lipinski definition) is 0. The van der Waals surface area contributed by atoms with Gasteiger partial charge in [0.1, 0.15) is 5.82 Å². The van der Waals surface area contributed by atoms with E-state index in [0.717, 1.165) is 12.6 Å². The Morgan fingerprint density at radius 1 is 1.00 bits per heavy atom. The van der Waals surface area contributed by atoms with Crippen molar-refractivity contribution in [3.05, 3.63) is 64.4 Å². The molecule has 28 heavy (non-hydrogen) atoms. The van der Waals surface area contributed by atoms with Crippen LogP contribution in [0, 0.1) is 5.82 Å².